The molecule has 0 aromatic rings. The van der Waals surface area contributed by atoms with Gasteiger partial charge in [-0.25, -0.2) is 0 Å². The molecular weight excluding hydrogens is 341 g/mol. The molecule has 0 aromatic heterocycles. The van der Waals surface area contributed by atoms with Crippen LogP contribution in [0.2, 0.25) is 0 Å². The van der Waals surface area contributed by atoms with Crippen LogP contribution < -0.4 is 4.33 Å². The second-order valence-corrected chi connectivity index (χ2v) is 7.85. The van der Waals surface area contributed by atoms with E-state index in [0.717, 1.165) is 12.8 Å². The molecule has 0 saturated heterocycles. The van der Waals surface area contributed by atoms with E-state index in [4.69, 9.17) is 0 Å². The number of allylic oxidation sites excluding steroid dienone is 2. The Balaban J connectivity index is 3.08. The molecule has 0 rings (SSSR count). The summed E-state index contributed by atoms with van der Waals surface area (Å²) in [5.74, 6) is 0. The summed E-state index contributed by atoms with van der Waals surface area (Å²) in [6.07, 6.45) is 22.7. The second kappa shape index (κ2) is 18.9. The van der Waals surface area contributed by atoms with E-state index in [9.17, 15) is 7.67 Å². The van der Waals surface area contributed by atoms with E-state index in [1.807, 2.05) is 0 Å². The predicted octanol–water partition coefficient (Wildman–Crippen LogP) is 5.19. The Morgan fingerprint density at radius 3 is 1.64 bits per heavy atom. The van der Waals surface area contributed by atoms with Gasteiger partial charge in [0.2, 0.25) is 0 Å². The van der Waals surface area contributed by atoms with Gasteiger partial charge >= 0.3 is 96.0 Å². The van der Waals surface area contributed by atoms with E-state index in [1.165, 1.54) is 77.0 Å². The van der Waals surface area contributed by atoms with E-state index in [-0.39, 0.29) is 0 Å². The van der Waals surface area contributed by atoms with Gasteiger partial charge in [0.15, 0.2) is 0 Å². The molecule has 0 aliphatic carbocycles. The van der Waals surface area contributed by atoms with Crippen LogP contribution in [0.25, 0.3) is 0 Å². The molecular formula is C18H37NO2Se. The molecule has 0 fully saturated rings. The van der Waals surface area contributed by atoms with Crippen LogP contribution in [0.4, 0.5) is 0 Å². The Kier molecular flexibility index (Phi) is 18.7. The molecule has 0 aliphatic heterocycles. The van der Waals surface area contributed by atoms with Crippen molar-refractivity contribution >= 4 is 14.0 Å². The third-order valence-corrected chi connectivity index (χ3v) is 4.94. The van der Waals surface area contributed by atoms with Crippen LogP contribution in [0, 0.1) is 0 Å². The van der Waals surface area contributed by atoms with Crippen molar-refractivity contribution in [3.63, 3.8) is 0 Å². The van der Waals surface area contributed by atoms with Crippen LogP contribution in [-0.2, 0) is 7.67 Å². The van der Waals surface area contributed by atoms with E-state index >= 15 is 0 Å². The fourth-order valence-corrected chi connectivity index (χ4v) is 3.26. The van der Waals surface area contributed by atoms with Crippen LogP contribution in [0.1, 0.15) is 96.8 Å². The zero-order chi connectivity index (χ0) is 16.3. The summed E-state index contributed by atoms with van der Waals surface area (Å²) >= 11 is -3.08. The third kappa shape index (κ3) is 19.8. The molecule has 1 N–H and O–H groups in total. The van der Waals surface area contributed by atoms with Crippen molar-refractivity contribution < 1.29 is 7.67 Å². The minimum atomic E-state index is -3.08. The summed E-state index contributed by atoms with van der Waals surface area (Å²) in [6, 6.07) is 0. The van der Waals surface area contributed by atoms with E-state index in [2.05, 4.69) is 23.4 Å². The molecule has 0 unspecified atom stereocenters. The molecule has 0 atom stereocenters. The summed E-state index contributed by atoms with van der Waals surface area (Å²) in [4.78, 5) is 0. The van der Waals surface area contributed by atoms with Gasteiger partial charge in [0.25, 0.3) is 0 Å². The maximum atomic E-state index is 10.4. The SMILES string of the molecule is CCCCCCCC/C=C\CCCCCCCCN[SeH](=O)=O. The average Bonchev–Trinajstić information content (AvgIpc) is 2.50. The molecule has 0 heterocycles. The van der Waals surface area contributed by atoms with Gasteiger partial charge in [-0.3, -0.25) is 0 Å². The number of unbranched alkanes of at least 4 members (excludes halogenated alkanes) is 12. The fourth-order valence-electron chi connectivity index (χ4n) is 2.54. The van der Waals surface area contributed by atoms with Gasteiger partial charge in [-0.15, -0.1) is 0 Å². The summed E-state index contributed by atoms with van der Waals surface area (Å²) in [7, 11) is 0. The molecule has 0 amide bonds. The predicted molar refractivity (Wildman–Crippen MR) is 96.0 cm³/mol. The zero-order valence-corrected chi connectivity index (χ0v) is 16.4. The van der Waals surface area contributed by atoms with Crippen molar-refractivity contribution in [3.8, 4) is 0 Å². The quantitative estimate of drug-likeness (QED) is 0.215. The van der Waals surface area contributed by atoms with Crippen LogP contribution in [-0.4, -0.2) is 20.5 Å². The Labute approximate surface area is 141 Å². The van der Waals surface area contributed by atoms with Crippen molar-refractivity contribution in [2.45, 2.75) is 96.8 Å². The van der Waals surface area contributed by atoms with Crippen molar-refractivity contribution in [2.75, 3.05) is 6.54 Å². The summed E-state index contributed by atoms with van der Waals surface area (Å²) in [5.41, 5.74) is 0. The van der Waals surface area contributed by atoms with Gasteiger partial charge in [0, 0.05) is 0 Å². The molecule has 0 aromatic carbocycles. The van der Waals surface area contributed by atoms with E-state index in [0.29, 0.717) is 6.54 Å². The van der Waals surface area contributed by atoms with Gasteiger partial charge in [-0.1, -0.05) is 39.0 Å². The summed E-state index contributed by atoms with van der Waals surface area (Å²) in [5, 5.41) is 0. The molecule has 0 spiro atoms. The fraction of sp³-hybridized carbons (Fsp3) is 0.889. The van der Waals surface area contributed by atoms with Gasteiger partial charge in [0.05, 0.1) is 0 Å². The van der Waals surface area contributed by atoms with Crippen LogP contribution in [0.3, 0.4) is 0 Å². The van der Waals surface area contributed by atoms with Crippen molar-refractivity contribution in [3.05, 3.63) is 12.2 Å². The van der Waals surface area contributed by atoms with Gasteiger partial charge in [0.1, 0.15) is 0 Å². The number of hydrogen-bond acceptors (Lipinski definition) is 2. The molecule has 0 radical (unpaired) electrons. The first-order chi connectivity index (χ1) is 10.8. The van der Waals surface area contributed by atoms with Crippen molar-refractivity contribution in [2.24, 2.45) is 0 Å². The summed E-state index contributed by atoms with van der Waals surface area (Å²) in [6.45, 7) is 2.90. The Morgan fingerprint density at radius 2 is 1.14 bits per heavy atom. The first-order valence-corrected chi connectivity index (χ1v) is 11.8. The molecule has 4 heteroatoms. The topological polar surface area (TPSA) is 46.2 Å². The maximum absolute atomic E-state index is 10.4. The molecule has 0 aliphatic rings. The standard InChI is InChI=1S/C18H37NO2Se/c1-2-3-4-5-6-7-8-9-10-11-12-13-14-15-16-17-18-19-22(20)21/h9-10,22H,2-8,11-18H2,1H3,(H,19,20,21)/b10-9-. The van der Waals surface area contributed by atoms with Gasteiger partial charge in [-0.2, -0.15) is 0 Å². The molecule has 0 saturated carbocycles. The normalized spacial score (nSPS) is 11.7. The van der Waals surface area contributed by atoms with Crippen LogP contribution >= 0.6 is 0 Å². The van der Waals surface area contributed by atoms with Gasteiger partial charge in [-0.05, 0) is 6.42 Å². The number of rotatable bonds is 17. The summed E-state index contributed by atoms with van der Waals surface area (Å²) < 4.78 is 23.2. The molecule has 3 nitrogen and oxygen atoms in total. The Bertz CT molecular complexity index is 306. The first kappa shape index (κ1) is 21.8. The molecule has 132 valence electrons. The van der Waals surface area contributed by atoms with E-state index < -0.39 is 14.0 Å². The van der Waals surface area contributed by atoms with Crippen molar-refractivity contribution in [1.29, 1.82) is 0 Å². The van der Waals surface area contributed by atoms with Gasteiger partial charge < -0.3 is 0 Å². The van der Waals surface area contributed by atoms with Crippen LogP contribution in [0.15, 0.2) is 12.2 Å². The van der Waals surface area contributed by atoms with E-state index in [1.54, 1.807) is 0 Å². The van der Waals surface area contributed by atoms with Crippen LogP contribution in [0.5, 0.6) is 0 Å². The Hall–Kier alpha value is -0.181. The minimum absolute atomic E-state index is 0.633. The second-order valence-electron chi connectivity index (χ2n) is 6.10. The average molecular weight is 378 g/mol. The zero-order valence-electron chi connectivity index (χ0n) is 14.5. The first-order valence-electron chi connectivity index (χ1n) is 9.30. The number of hydrogen-bond donors (Lipinski definition) is 1. The molecule has 0 bridgehead atoms. The third-order valence-electron chi connectivity index (χ3n) is 3.93. The molecule has 22 heavy (non-hydrogen) atoms. The number of nitrogens with one attached hydrogen (secondary N) is 1. The van der Waals surface area contributed by atoms with Crippen molar-refractivity contribution in [1.82, 2.24) is 4.33 Å². The Morgan fingerprint density at radius 1 is 0.682 bits per heavy atom. The monoisotopic (exact) mass is 379 g/mol.